The molecule has 2 aromatic carbocycles. The summed E-state index contributed by atoms with van der Waals surface area (Å²) in [6.07, 6.45) is 1.62. The highest BCUT2D eigenvalue weighted by atomic mass is 32.2. The SMILES string of the molecule is CCN(CC)S(=O)(=O)c1cccc(C(=O)Nc2cccc(CS(C)=O)c2)c1. The molecule has 0 bridgehead atoms. The molecular formula is C19H24N2O4S2. The van der Waals surface area contributed by atoms with Gasteiger partial charge in [0.05, 0.1) is 4.90 Å². The van der Waals surface area contributed by atoms with Crippen molar-refractivity contribution < 1.29 is 17.4 Å². The van der Waals surface area contributed by atoms with Gasteiger partial charge in [0.2, 0.25) is 10.0 Å². The zero-order valence-electron chi connectivity index (χ0n) is 15.6. The average molecular weight is 409 g/mol. The van der Waals surface area contributed by atoms with Crippen molar-refractivity contribution in [3.05, 3.63) is 59.7 Å². The second-order valence-electron chi connectivity index (χ2n) is 5.99. The van der Waals surface area contributed by atoms with Crippen molar-refractivity contribution in [1.29, 1.82) is 0 Å². The molecule has 0 heterocycles. The Hall–Kier alpha value is -2.03. The Labute approximate surface area is 163 Å². The number of anilines is 1. The molecule has 0 fully saturated rings. The summed E-state index contributed by atoms with van der Waals surface area (Å²) in [5, 5.41) is 2.76. The molecule has 0 aliphatic carbocycles. The number of nitrogens with zero attached hydrogens (tertiary/aromatic N) is 1. The fraction of sp³-hybridized carbons (Fsp3) is 0.316. The summed E-state index contributed by atoms with van der Waals surface area (Å²) in [5.41, 5.74) is 1.68. The van der Waals surface area contributed by atoms with Crippen molar-refractivity contribution in [2.75, 3.05) is 24.7 Å². The van der Waals surface area contributed by atoms with Gasteiger partial charge in [-0.3, -0.25) is 9.00 Å². The van der Waals surface area contributed by atoms with Crippen LogP contribution in [-0.2, 0) is 26.6 Å². The number of hydrogen-bond donors (Lipinski definition) is 1. The minimum atomic E-state index is -3.63. The smallest absolute Gasteiger partial charge is 0.255 e. The Morgan fingerprint density at radius 2 is 1.74 bits per heavy atom. The van der Waals surface area contributed by atoms with E-state index in [-0.39, 0.29) is 10.5 Å². The minimum Gasteiger partial charge on any atom is -0.322 e. The second kappa shape index (κ2) is 9.25. The molecule has 0 radical (unpaired) electrons. The van der Waals surface area contributed by atoms with E-state index in [4.69, 9.17) is 0 Å². The average Bonchev–Trinajstić information content (AvgIpc) is 2.62. The Morgan fingerprint density at radius 3 is 2.37 bits per heavy atom. The Balaban J connectivity index is 2.24. The summed E-state index contributed by atoms with van der Waals surface area (Å²) in [7, 11) is -4.61. The van der Waals surface area contributed by atoms with Gasteiger partial charge in [0.25, 0.3) is 5.91 Å². The van der Waals surface area contributed by atoms with Crippen LogP contribution < -0.4 is 5.32 Å². The van der Waals surface area contributed by atoms with Crippen LogP contribution in [0, 0.1) is 0 Å². The van der Waals surface area contributed by atoms with Crippen molar-refractivity contribution in [2.45, 2.75) is 24.5 Å². The van der Waals surface area contributed by atoms with E-state index in [1.807, 2.05) is 6.07 Å². The van der Waals surface area contributed by atoms with Gasteiger partial charge in [-0.05, 0) is 35.9 Å². The second-order valence-corrected chi connectivity index (χ2v) is 9.36. The van der Waals surface area contributed by atoms with Crippen molar-refractivity contribution in [3.8, 4) is 0 Å². The number of hydrogen-bond acceptors (Lipinski definition) is 4. The van der Waals surface area contributed by atoms with Gasteiger partial charge >= 0.3 is 0 Å². The first-order valence-corrected chi connectivity index (χ1v) is 11.7. The summed E-state index contributed by atoms with van der Waals surface area (Å²) >= 11 is 0. The first-order valence-electron chi connectivity index (χ1n) is 8.58. The first-order chi connectivity index (χ1) is 12.8. The number of carbonyl (C=O) groups is 1. The van der Waals surface area contributed by atoms with Crippen molar-refractivity contribution in [3.63, 3.8) is 0 Å². The molecule has 1 N–H and O–H groups in total. The fourth-order valence-electron chi connectivity index (χ4n) is 2.69. The first kappa shape index (κ1) is 21.3. The number of carbonyl (C=O) groups excluding carboxylic acids is 1. The zero-order chi connectivity index (χ0) is 20.0. The number of benzene rings is 2. The van der Waals surface area contributed by atoms with Gasteiger partial charge in [0.15, 0.2) is 0 Å². The summed E-state index contributed by atoms with van der Waals surface area (Å²) in [6.45, 7) is 4.27. The van der Waals surface area contributed by atoms with Gasteiger partial charge in [-0.2, -0.15) is 4.31 Å². The molecule has 27 heavy (non-hydrogen) atoms. The van der Waals surface area contributed by atoms with E-state index in [0.717, 1.165) is 5.56 Å². The lowest BCUT2D eigenvalue weighted by atomic mass is 10.2. The normalized spacial score (nSPS) is 12.7. The molecule has 0 aromatic heterocycles. The molecule has 1 amide bonds. The van der Waals surface area contributed by atoms with Crippen LogP contribution in [0.1, 0.15) is 29.8 Å². The van der Waals surface area contributed by atoms with Gasteiger partial charge in [-0.15, -0.1) is 0 Å². The number of rotatable bonds is 8. The van der Waals surface area contributed by atoms with E-state index >= 15 is 0 Å². The maximum absolute atomic E-state index is 12.6. The van der Waals surface area contributed by atoms with E-state index in [0.29, 0.717) is 24.5 Å². The van der Waals surface area contributed by atoms with Crippen LogP contribution in [0.3, 0.4) is 0 Å². The van der Waals surface area contributed by atoms with Gasteiger partial charge in [-0.1, -0.05) is 32.0 Å². The van der Waals surface area contributed by atoms with Crippen LogP contribution in [0.25, 0.3) is 0 Å². The summed E-state index contributed by atoms with van der Waals surface area (Å²) in [4.78, 5) is 12.6. The molecule has 0 aliphatic heterocycles. The molecule has 146 valence electrons. The Morgan fingerprint density at radius 1 is 1.07 bits per heavy atom. The summed E-state index contributed by atoms with van der Waals surface area (Å²) < 4.78 is 38.0. The molecular weight excluding hydrogens is 384 g/mol. The van der Waals surface area contributed by atoms with E-state index < -0.39 is 26.7 Å². The maximum atomic E-state index is 12.6. The lowest BCUT2D eigenvalue weighted by Crippen LogP contribution is -2.30. The van der Waals surface area contributed by atoms with E-state index in [2.05, 4.69) is 5.32 Å². The maximum Gasteiger partial charge on any atom is 0.255 e. The summed E-state index contributed by atoms with van der Waals surface area (Å²) in [6, 6.07) is 13.1. The van der Waals surface area contributed by atoms with Crippen LogP contribution >= 0.6 is 0 Å². The molecule has 0 saturated carbocycles. The molecule has 1 atom stereocenters. The quantitative estimate of drug-likeness (QED) is 0.728. The monoisotopic (exact) mass is 408 g/mol. The largest absolute Gasteiger partial charge is 0.322 e. The predicted molar refractivity (Wildman–Crippen MR) is 109 cm³/mol. The van der Waals surface area contributed by atoms with Gasteiger partial charge in [0, 0.05) is 47.1 Å². The topological polar surface area (TPSA) is 83.6 Å². The highest BCUT2D eigenvalue weighted by Gasteiger charge is 2.22. The van der Waals surface area contributed by atoms with Crippen molar-refractivity contribution >= 4 is 32.4 Å². The van der Waals surface area contributed by atoms with Gasteiger partial charge < -0.3 is 5.32 Å². The third-order valence-corrected chi connectivity index (χ3v) is 6.78. The van der Waals surface area contributed by atoms with Crippen molar-refractivity contribution in [1.82, 2.24) is 4.31 Å². The van der Waals surface area contributed by atoms with Gasteiger partial charge in [0.1, 0.15) is 0 Å². The molecule has 8 heteroatoms. The van der Waals surface area contributed by atoms with Gasteiger partial charge in [-0.25, -0.2) is 8.42 Å². The van der Waals surface area contributed by atoms with Crippen LogP contribution in [-0.4, -0.2) is 42.2 Å². The van der Waals surface area contributed by atoms with Crippen LogP contribution in [0.2, 0.25) is 0 Å². The van der Waals surface area contributed by atoms with E-state index in [1.54, 1.807) is 50.4 Å². The fourth-order valence-corrected chi connectivity index (χ4v) is 4.84. The van der Waals surface area contributed by atoms with Crippen LogP contribution in [0.5, 0.6) is 0 Å². The predicted octanol–water partition coefficient (Wildman–Crippen LogP) is 2.85. The molecule has 2 aromatic rings. The van der Waals surface area contributed by atoms with Crippen molar-refractivity contribution in [2.24, 2.45) is 0 Å². The number of sulfonamides is 1. The molecule has 1 unspecified atom stereocenters. The molecule has 0 aliphatic rings. The zero-order valence-corrected chi connectivity index (χ0v) is 17.3. The molecule has 2 rings (SSSR count). The Kier molecular flexibility index (Phi) is 7.29. The Bertz CT molecular complexity index is 938. The third kappa shape index (κ3) is 5.47. The van der Waals surface area contributed by atoms with Crippen LogP contribution in [0.4, 0.5) is 5.69 Å². The minimum absolute atomic E-state index is 0.0916. The third-order valence-electron chi connectivity index (χ3n) is 3.99. The molecule has 0 saturated heterocycles. The summed E-state index contributed by atoms with van der Waals surface area (Å²) in [5.74, 6) is 0.00257. The highest BCUT2D eigenvalue weighted by Crippen LogP contribution is 2.18. The highest BCUT2D eigenvalue weighted by molar-refractivity contribution is 7.89. The van der Waals surface area contributed by atoms with Crippen LogP contribution in [0.15, 0.2) is 53.4 Å². The molecule has 0 spiro atoms. The van der Waals surface area contributed by atoms with E-state index in [9.17, 15) is 17.4 Å². The number of amides is 1. The molecule has 6 nitrogen and oxygen atoms in total. The lowest BCUT2D eigenvalue weighted by Gasteiger charge is -2.18. The standard InChI is InChI=1S/C19H24N2O4S2/c1-4-21(5-2)27(24,25)18-11-7-9-16(13-18)19(22)20-17-10-6-8-15(12-17)14-26(3)23/h6-13H,4-5,14H2,1-3H3,(H,20,22). The van der Waals surface area contributed by atoms with E-state index in [1.165, 1.54) is 16.4 Å². The lowest BCUT2D eigenvalue weighted by molar-refractivity contribution is 0.102. The number of nitrogens with one attached hydrogen (secondary N) is 1.